The second-order valence-corrected chi connectivity index (χ2v) is 6.31. The predicted octanol–water partition coefficient (Wildman–Crippen LogP) is 2.49. The van der Waals surface area contributed by atoms with Gasteiger partial charge >= 0.3 is 11.9 Å². The number of esters is 2. The Balaban J connectivity index is 2.46. The fourth-order valence-electron chi connectivity index (χ4n) is 2.88. The van der Waals surface area contributed by atoms with Crippen molar-refractivity contribution >= 4 is 23.5 Å². The molecule has 1 amide bonds. The van der Waals surface area contributed by atoms with Crippen LogP contribution < -0.4 is 5.32 Å². The Morgan fingerprint density at radius 2 is 1.71 bits per heavy atom. The summed E-state index contributed by atoms with van der Waals surface area (Å²) in [5, 5.41) is 13.1. The molecule has 2 atom stereocenters. The molecule has 1 N–H and O–H groups in total. The predicted molar refractivity (Wildman–Crippen MR) is 102 cm³/mol. The Kier molecular flexibility index (Phi) is 7.72. The summed E-state index contributed by atoms with van der Waals surface area (Å²) in [7, 11) is 2.15. The lowest BCUT2D eigenvalue weighted by molar-refractivity contribution is -0.384. The first-order valence-corrected chi connectivity index (χ1v) is 8.83. The molecular weight excluding hydrogens is 418 g/mol. The van der Waals surface area contributed by atoms with Crippen LogP contribution in [0.3, 0.4) is 0 Å². The van der Waals surface area contributed by atoms with E-state index >= 15 is 0 Å². The van der Waals surface area contributed by atoms with E-state index in [2.05, 4.69) is 10.1 Å². The third-order valence-corrected chi connectivity index (χ3v) is 4.49. The number of methoxy groups -OCH3 is 2. The van der Waals surface area contributed by atoms with E-state index in [1.54, 1.807) is 0 Å². The quantitative estimate of drug-likeness (QED) is 0.383. The highest BCUT2D eigenvalue weighted by atomic mass is 19.2. The molecule has 9 nitrogen and oxygen atoms in total. The molecule has 0 unspecified atom stereocenters. The number of benzene rings is 2. The van der Waals surface area contributed by atoms with Gasteiger partial charge in [-0.3, -0.25) is 19.7 Å². The number of rotatable bonds is 8. The average molecular weight is 436 g/mol. The number of amides is 1. The SMILES string of the molecule is COC(=O)C[C@@H](c1ccc([N+](=O)[O-])cc1)[C@H](NC(=O)c1cccc(F)c1F)C(=O)OC. The van der Waals surface area contributed by atoms with Gasteiger partial charge in [-0.05, 0) is 17.7 Å². The number of hydrogen-bond donors (Lipinski definition) is 1. The Labute approximate surface area is 175 Å². The number of non-ortho nitro benzene ring substituents is 1. The van der Waals surface area contributed by atoms with E-state index in [0.29, 0.717) is 0 Å². The highest BCUT2D eigenvalue weighted by Gasteiger charge is 2.35. The van der Waals surface area contributed by atoms with Gasteiger partial charge in [0, 0.05) is 18.1 Å². The van der Waals surface area contributed by atoms with Crippen LogP contribution >= 0.6 is 0 Å². The van der Waals surface area contributed by atoms with Crippen molar-refractivity contribution in [3.05, 3.63) is 75.3 Å². The van der Waals surface area contributed by atoms with Crippen molar-refractivity contribution in [2.24, 2.45) is 0 Å². The smallest absolute Gasteiger partial charge is 0.329 e. The number of carbonyl (C=O) groups is 3. The molecule has 0 aromatic heterocycles. The van der Waals surface area contributed by atoms with Gasteiger partial charge in [-0.15, -0.1) is 0 Å². The van der Waals surface area contributed by atoms with Crippen LogP contribution in [0.25, 0.3) is 0 Å². The van der Waals surface area contributed by atoms with Crippen LogP contribution in [0.15, 0.2) is 42.5 Å². The summed E-state index contributed by atoms with van der Waals surface area (Å²) < 4.78 is 36.8. The summed E-state index contributed by atoms with van der Waals surface area (Å²) >= 11 is 0. The van der Waals surface area contributed by atoms with Crippen LogP contribution in [0.5, 0.6) is 0 Å². The molecule has 11 heteroatoms. The van der Waals surface area contributed by atoms with E-state index in [0.717, 1.165) is 44.6 Å². The minimum absolute atomic E-state index is 0.235. The van der Waals surface area contributed by atoms with E-state index in [9.17, 15) is 33.3 Å². The summed E-state index contributed by atoms with van der Waals surface area (Å²) in [6, 6.07) is 6.35. The second kappa shape index (κ2) is 10.2. The van der Waals surface area contributed by atoms with E-state index in [4.69, 9.17) is 4.74 Å². The van der Waals surface area contributed by atoms with Crippen LogP contribution in [0.4, 0.5) is 14.5 Å². The molecule has 0 heterocycles. The topological polar surface area (TPSA) is 125 Å². The molecule has 0 fully saturated rings. The molecule has 0 spiro atoms. The molecule has 164 valence electrons. The first-order valence-electron chi connectivity index (χ1n) is 8.83. The van der Waals surface area contributed by atoms with Gasteiger partial charge < -0.3 is 14.8 Å². The summed E-state index contributed by atoms with van der Waals surface area (Å²) in [5.74, 6) is -6.60. The first kappa shape index (κ1) is 23.4. The van der Waals surface area contributed by atoms with Crippen LogP contribution in [-0.2, 0) is 19.1 Å². The summed E-state index contributed by atoms with van der Waals surface area (Å²) in [5.41, 5.74) is -0.623. The number of carbonyl (C=O) groups excluding carboxylic acids is 3. The highest BCUT2D eigenvalue weighted by Crippen LogP contribution is 2.27. The van der Waals surface area contributed by atoms with Crippen molar-refractivity contribution in [3.8, 4) is 0 Å². The third-order valence-electron chi connectivity index (χ3n) is 4.49. The summed E-state index contributed by atoms with van der Waals surface area (Å²) in [6.07, 6.45) is -0.417. The molecule has 2 aromatic rings. The lowest BCUT2D eigenvalue weighted by atomic mass is 9.88. The number of nitro groups is 1. The summed E-state index contributed by atoms with van der Waals surface area (Å²) in [4.78, 5) is 47.2. The number of halogens is 2. The van der Waals surface area contributed by atoms with Crippen molar-refractivity contribution in [1.29, 1.82) is 0 Å². The number of ether oxygens (including phenoxy) is 2. The molecule has 2 rings (SSSR count). The summed E-state index contributed by atoms with van der Waals surface area (Å²) in [6.45, 7) is 0. The van der Waals surface area contributed by atoms with Crippen molar-refractivity contribution < 1.29 is 37.6 Å². The lowest BCUT2D eigenvalue weighted by Gasteiger charge is -2.26. The van der Waals surface area contributed by atoms with Crippen molar-refractivity contribution in [2.75, 3.05) is 14.2 Å². The van der Waals surface area contributed by atoms with E-state index in [1.807, 2.05) is 0 Å². The minimum atomic E-state index is -1.51. The first-order chi connectivity index (χ1) is 14.7. The molecule has 0 bridgehead atoms. The normalized spacial score (nSPS) is 12.4. The van der Waals surface area contributed by atoms with Gasteiger partial charge in [0.2, 0.25) is 0 Å². The van der Waals surface area contributed by atoms with Gasteiger partial charge in [-0.1, -0.05) is 18.2 Å². The zero-order chi connectivity index (χ0) is 23.1. The molecule has 0 saturated heterocycles. The number of nitro benzene ring substituents is 1. The molecule has 0 radical (unpaired) electrons. The molecule has 0 aliphatic carbocycles. The number of nitrogens with zero attached hydrogens (tertiary/aromatic N) is 1. The Morgan fingerprint density at radius 3 is 2.26 bits per heavy atom. The average Bonchev–Trinajstić information content (AvgIpc) is 2.77. The van der Waals surface area contributed by atoms with E-state index < -0.39 is 58.3 Å². The maximum Gasteiger partial charge on any atom is 0.329 e. The Bertz CT molecular complexity index is 996. The molecule has 0 aliphatic rings. The maximum atomic E-state index is 14.0. The van der Waals surface area contributed by atoms with Crippen LogP contribution in [0, 0.1) is 21.7 Å². The zero-order valence-corrected chi connectivity index (χ0v) is 16.5. The lowest BCUT2D eigenvalue weighted by Crippen LogP contribution is -2.46. The van der Waals surface area contributed by atoms with Gasteiger partial charge in [0.25, 0.3) is 11.6 Å². The Morgan fingerprint density at radius 1 is 1.06 bits per heavy atom. The third kappa shape index (κ3) is 5.59. The van der Waals surface area contributed by atoms with Crippen molar-refractivity contribution in [2.45, 2.75) is 18.4 Å². The van der Waals surface area contributed by atoms with Crippen molar-refractivity contribution in [1.82, 2.24) is 5.32 Å². The van der Waals surface area contributed by atoms with Gasteiger partial charge in [0.05, 0.1) is 31.1 Å². The molecule has 2 aromatic carbocycles. The zero-order valence-electron chi connectivity index (χ0n) is 16.5. The molecular formula is C20H18F2N2O7. The van der Waals surface area contributed by atoms with Gasteiger partial charge in [0.1, 0.15) is 6.04 Å². The monoisotopic (exact) mass is 436 g/mol. The largest absolute Gasteiger partial charge is 0.469 e. The fraction of sp³-hybridized carbons (Fsp3) is 0.250. The molecule has 0 saturated carbocycles. The van der Waals surface area contributed by atoms with Gasteiger partial charge in [-0.25, -0.2) is 13.6 Å². The number of hydrogen-bond acceptors (Lipinski definition) is 7. The van der Waals surface area contributed by atoms with Gasteiger partial charge in [-0.2, -0.15) is 0 Å². The highest BCUT2D eigenvalue weighted by molar-refractivity contribution is 5.97. The molecule has 0 aliphatic heterocycles. The number of nitrogens with one attached hydrogen (secondary N) is 1. The minimum Gasteiger partial charge on any atom is -0.469 e. The van der Waals surface area contributed by atoms with Crippen LogP contribution in [0.2, 0.25) is 0 Å². The maximum absolute atomic E-state index is 14.0. The standard InChI is InChI=1S/C20H18F2N2O7/c1-30-16(25)10-14(11-6-8-12(9-7-11)24(28)29)18(20(27)31-2)23-19(26)13-4-3-5-15(21)17(13)22/h3-9,14,18H,10H2,1-2H3,(H,23,26)/t14-,18-/m0/s1. The fourth-order valence-corrected chi connectivity index (χ4v) is 2.88. The van der Waals surface area contributed by atoms with Crippen molar-refractivity contribution in [3.63, 3.8) is 0 Å². The second-order valence-electron chi connectivity index (χ2n) is 6.31. The Hall–Kier alpha value is -3.89. The van der Waals surface area contributed by atoms with E-state index in [1.165, 1.54) is 12.1 Å². The van der Waals surface area contributed by atoms with Crippen LogP contribution in [-0.4, -0.2) is 43.0 Å². The molecule has 31 heavy (non-hydrogen) atoms. The van der Waals surface area contributed by atoms with E-state index in [-0.39, 0.29) is 11.3 Å². The van der Waals surface area contributed by atoms with Gasteiger partial charge in [0.15, 0.2) is 11.6 Å². The van der Waals surface area contributed by atoms with Crippen LogP contribution in [0.1, 0.15) is 28.3 Å².